The summed E-state index contributed by atoms with van der Waals surface area (Å²) in [7, 11) is 0. The lowest BCUT2D eigenvalue weighted by Gasteiger charge is -2.10. The molecule has 0 aliphatic heterocycles. The summed E-state index contributed by atoms with van der Waals surface area (Å²) in [5, 5.41) is 9.79. The number of rotatable bonds is 3. The predicted octanol–water partition coefficient (Wildman–Crippen LogP) is 5.72. The third kappa shape index (κ3) is 3.29. The van der Waals surface area contributed by atoms with Gasteiger partial charge in [-0.3, -0.25) is 0 Å². The van der Waals surface area contributed by atoms with Crippen molar-refractivity contribution in [3.8, 4) is 28.7 Å². The van der Waals surface area contributed by atoms with E-state index in [1.54, 1.807) is 0 Å². The predicted molar refractivity (Wildman–Crippen MR) is 90.9 cm³/mol. The van der Waals surface area contributed by atoms with Crippen LogP contribution < -0.4 is 4.74 Å². The van der Waals surface area contributed by atoms with Gasteiger partial charge in [0.2, 0.25) is 0 Å². The largest absolute Gasteiger partial charge is 0.457 e. The number of aromatic nitrogens is 1. The summed E-state index contributed by atoms with van der Waals surface area (Å²) >= 11 is 12.2. The first-order valence-electron chi connectivity index (χ1n) is 6.76. The van der Waals surface area contributed by atoms with E-state index in [0.29, 0.717) is 16.3 Å². The van der Waals surface area contributed by atoms with Crippen LogP contribution in [0.1, 0.15) is 5.56 Å². The number of ether oxygens (including phenoxy) is 1. The molecule has 0 aliphatic rings. The highest BCUT2D eigenvalue weighted by Gasteiger charge is 2.14. The molecule has 0 N–H and O–H groups in total. The molecule has 1 aromatic heterocycles. The fraction of sp³-hybridized carbons (Fsp3) is 0. The van der Waals surface area contributed by atoms with Crippen molar-refractivity contribution in [1.29, 1.82) is 5.26 Å². The van der Waals surface area contributed by atoms with Gasteiger partial charge in [-0.2, -0.15) is 5.26 Å². The topological polar surface area (TPSA) is 45.9 Å². The Bertz CT molecular complexity index is 872. The maximum Gasteiger partial charge on any atom is 0.147 e. The fourth-order valence-electron chi connectivity index (χ4n) is 2.16. The average Bonchev–Trinajstić information content (AvgIpc) is 2.58. The minimum absolute atomic E-state index is 0.136. The molecule has 3 nitrogen and oxygen atoms in total. The number of nitrogens with zero attached hydrogens (tertiary/aromatic N) is 2. The van der Waals surface area contributed by atoms with Crippen molar-refractivity contribution in [3.63, 3.8) is 0 Å². The molecule has 0 amide bonds. The minimum Gasteiger partial charge on any atom is -0.457 e. The third-order valence-corrected chi connectivity index (χ3v) is 3.79. The number of hydrogen-bond donors (Lipinski definition) is 0. The molecule has 0 aliphatic carbocycles. The van der Waals surface area contributed by atoms with Gasteiger partial charge in [-0.15, -0.1) is 0 Å². The summed E-state index contributed by atoms with van der Waals surface area (Å²) in [6.07, 6.45) is 1.44. The lowest BCUT2D eigenvalue weighted by atomic mass is 10.0. The van der Waals surface area contributed by atoms with Crippen LogP contribution in [0.25, 0.3) is 11.1 Å². The molecule has 0 bridgehead atoms. The van der Waals surface area contributed by atoms with Crippen LogP contribution in [0.3, 0.4) is 0 Å². The molecule has 0 radical (unpaired) electrons. The van der Waals surface area contributed by atoms with Gasteiger partial charge in [0.1, 0.15) is 22.7 Å². The zero-order valence-corrected chi connectivity index (χ0v) is 13.3. The zero-order valence-electron chi connectivity index (χ0n) is 11.8. The van der Waals surface area contributed by atoms with Crippen LogP contribution in [0.15, 0.2) is 60.8 Å². The van der Waals surface area contributed by atoms with E-state index in [-0.39, 0.29) is 10.7 Å². The first kappa shape index (κ1) is 15.4. The van der Waals surface area contributed by atoms with Gasteiger partial charge >= 0.3 is 0 Å². The first-order chi connectivity index (χ1) is 11.2. The fourth-order valence-corrected chi connectivity index (χ4v) is 2.60. The van der Waals surface area contributed by atoms with Crippen molar-refractivity contribution in [3.05, 3.63) is 76.5 Å². The van der Waals surface area contributed by atoms with E-state index in [1.807, 2.05) is 60.7 Å². The van der Waals surface area contributed by atoms with Crippen LogP contribution in [0.2, 0.25) is 10.2 Å². The molecule has 112 valence electrons. The average molecular weight is 341 g/mol. The van der Waals surface area contributed by atoms with Gasteiger partial charge in [-0.05, 0) is 29.8 Å². The number of para-hydroxylation sites is 1. The molecule has 3 rings (SSSR count). The molecular formula is C18H10Cl2N2O. The second kappa shape index (κ2) is 6.70. The smallest absolute Gasteiger partial charge is 0.147 e. The van der Waals surface area contributed by atoms with E-state index in [4.69, 9.17) is 27.9 Å². The molecule has 5 heteroatoms. The van der Waals surface area contributed by atoms with Crippen LogP contribution in [-0.4, -0.2) is 4.98 Å². The summed E-state index contributed by atoms with van der Waals surface area (Å²) in [5.41, 5.74) is 1.60. The number of pyridine rings is 1. The van der Waals surface area contributed by atoms with Crippen molar-refractivity contribution in [2.24, 2.45) is 0 Å². The maximum absolute atomic E-state index is 9.28. The number of benzene rings is 2. The van der Waals surface area contributed by atoms with Crippen molar-refractivity contribution in [1.82, 2.24) is 4.98 Å². The molecule has 0 unspecified atom stereocenters. The van der Waals surface area contributed by atoms with E-state index in [9.17, 15) is 5.26 Å². The van der Waals surface area contributed by atoms with Crippen LogP contribution in [0.5, 0.6) is 11.5 Å². The second-order valence-electron chi connectivity index (χ2n) is 4.70. The Kier molecular flexibility index (Phi) is 4.47. The molecule has 2 aromatic carbocycles. The Balaban J connectivity index is 1.95. The molecule has 1 heterocycles. The van der Waals surface area contributed by atoms with Gasteiger partial charge in [-0.25, -0.2) is 4.98 Å². The summed E-state index contributed by atoms with van der Waals surface area (Å²) in [6.45, 7) is 0. The molecule has 0 fully saturated rings. The Morgan fingerprint density at radius 1 is 0.913 bits per heavy atom. The quantitative estimate of drug-likeness (QED) is 0.573. The van der Waals surface area contributed by atoms with Crippen LogP contribution in [0.4, 0.5) is 0 Å². The van der Waals surface area contributed by atoms with E-state index >= 15 is 0 Å². The molecule has 0 saturated heterocycles. The molecule has 0 saturated carbocycles. The second-order valence-corrected chi connectivity index (χ2v) is 5.46. The third-order valence-electron chi connectivity index (χ3n) is 3.22. The van der Waals surface area contributed by atoms with Crippen molar-refractivity contribution in [2.75, 3.05) is 0 Å². The normalized spacial score (nSPS) is 10.1. The highest BCUT2D eigenvalue weighted by atomic mass is 35.5. The summed E-state index contributed by atoms with van der Waals surface area (Å²) < 4.78 is 5.74. The highest BCUT2D eigenvalue weighted by molar-refractivity contribution is 6.35. The van der Waals surface area contributed by atoms with E-state index in [0.717, 1.165) is 11.3 Å². The number of hydrogen-bond acceptors (Lipinski definition) is 3. The van der Waals surface area contributed by atoms with Crippen LogP contribution in [0, 0.1) is 11.3 Å². The number of nitriles is 1. The highest BCUT2D eigenvalue weighted by Crippen LogP contribution is 2.35. The number of halogens is 2. The Hall–Kier alpha value is -2.54. The summed E-state index contributed by atoms with van der Waals surface area (Å²) in [6, 6.07) is 18.8. The van der Waals surface area contributed by atoms with Crippen LogP contribution >= 0.6 is 23.2 Å². The van der Waals surface area contributed by atoms with E-state index in [1.165, 1.54) is 6.20 Å². The van der Waals surface area contributed by atoms with Gasteiger partial charge in [0.15, 0.2) is 0 Å². The SMILES string of the molecule is N#Cc1c(Cl)ncc(Cl)c1-c1ccc(Oc2ccccc2)cc1. The van der Waals surface area contributed by atoms with Crippen molar-refractivity contribution in [2.45, 2.75) is 0 Å². The van der Waals surface area contributed by atoms with E-state index in [2.05, 4.69) is 4.98 Å². The summed E-state index contributed by atoms with van der Waals surface area (Å²) in [4.78, 5) is 3.90. The van der Waals surface area contributed by atoms with Gasteiger partial charge in [0, 0.05) is 11.8 Å². The minimum atomic E-state index is 0.136. The summed E-state index contributed by atoms with van der Waals surface area (Å²) in [5.74, 6) is 1.44. The Morgan fingerprint density at radius 3 is 2.22 bits per heavy atom. The molecule has 0 spiro atoms. The van der Waals surface area contributed by atoms with Gasteiger partial charge in [0.05, 0.1) is 10.6 Å². The zero-order chi connectivity index (χ0) is 16.2. The van der Waals surface area contributed by atoms with Crippen LogP contribution in [-0.2, 0) is 0 Å². The van der Waals surface area contributed by atoms with E-state index < -0.39 is 0 Å². The Morgan fingerprint density at radius 2 is 1.57 bits per heavy atom. The van der Waals surface area contributed by atoms with Crippen molar-refractivity contribution < 1.29 is 4.74 Å². The van der Waals surface area contributed by atoms with Gasteiger partial charge in [-0.1, -0.05) is 53.5 Å². The van der Waals surface area contributed by atoms with Crippen molar-refractivity contribution >= 4 is 23.2 Å². The molecule has 3 aromatic rings. The molecule has 23 heavy (non-hydrogen) atoms. The standard InChI is InChI=1S/C18H10Cl2N2O/c19-16-11-22-18(20)15(10-21)17(16)12-6-8-14(9-7-12)23-13-4-2-1-3-5-13/h1-9,11H. The first-order valence-corrected chi connectivity index (χ1v) is 7.52. The monoisotopic (exact) mass is 340 g/mol. The molecule has 0 atom stereocenters. The Labute approximate surface area is 143 Å². The maximum atomic E-state index is 9.28. The lowest BCUT2D eigenvalue weighted by molar-refractivity contribution is 0.483. The molecular weight excluding hydrogens is 331 g/mol. The van der Waals surface area contributed by atoms with Gasteiger partial charge < -0.3 is 4.74 Å². The lowest BCUT2D eigenvalue weighted by Crippen LogP contribution is -1.91. The van der Waals surface area contributed by atoms with Gasteiger partial charge in [0.25, 0.3) is 0 Å².